The fraction of sp³-hybridized carbons (Fsp3) is 0.500. The topological polar surface area (TPSA) is 32.3 Å². The van der Waals surface area contributed by atoms with Crippen molar-refractivity contribution in [2.24, 2.45) is 0 Å². The van der Waals surface area contributed by atoms with Gasteiger partial charge >= 0.3 is 0 Å². The van der Waals surface area contributed by atoms with Crippen LogP contribution in [0.25, 0.3) is 0 Å². The second-order valence-corrected chi connectivity index (χ2v) is 5.56. The number of carbonyl (C=O) groups is 1. The molecule has 0 aromatic heterocycles. The van der Waals surface area contributed by atoms with Crippen molar-refractivity contribution in [3.05, 3.63) is 29.8 Å². The van der Waals surface area contributed by atoms with Gasteiger partial charge in [0, 0.05) is 4.90 Å². The minimum atomic E-state index is -2.52. The molecule has 0 radical (unpaired) electrons. The van der Waals surface area contributed by atoms with Crippen molar-refractivity contribution in [1.29, 1.82) is 0 Å². The summed E-state index contributed by atoms with van der Waals surface area (Å²) in [7, 11) is 0. The standard InChI is InChI=1S/C14H18F2N2OS/c1-3-11-14(19)18(8-12(15)16)13(17-11)9-4-6-10(20-2)7-5-9/h4-7,11-13,17H,3,8H2,1-2H3. The van der Waals surface area contributed by atoms with E-state index in [4.69, 9.17) is 0 Å². The van der Waals surface area contributed by atoms with Crippen molar-refractivity contribution in [2.45, 2.75) is 36.9 Å². The first-order valence-electron chi connectivity index (χ1n) is 6.55. The summed E-state index contributed by atoms with van der Waals surface area (Å²) in [6.07, 6.45) is -0.415. The van der Waals surface area contributed by atoms with Crippen LogP contribution in [0.3, 0.4) is 0 Å². The minimum Gasteiger partial charge on any atom is -0.316 e. The third kappa shape index (κ3) is 3.12. The summed E-state index contributed by atoms with van der Waals surface area (Å²) in [6.45, 7) is 1.34. The Kier molecular flexibility index (Phi) is 4.99. The molecule has 0 saturated carbocycles. The lowest BCUT2D eigenvalue weighted by atomic mass is 10.1. The zero-order valence-electron chi connectivity index (χ0n) is 11.5. The van der Waals surface area contributed by atoms with E-state index in [1.54, 1.807) is 11.8 Å². The van der Waals surface area contributed by atoms with Gasteiger partial charge in [-0.25, -0.2) is 8.78 Å². The van der Waals surface area contributed by atoms with E-state index in [0.717, 1.165) is 10.5 Å². The molecule has 1 aliphatic heterocycles. The molecule has 20 heavy (non-hydrogen) atoms. The molecule has 1 fully saturated rings. The van der Waals surface area contributed by atoms with E-state index in [-0.39, 0.29) is 11.9 Å². The third-order valence-electron chi connectivity index (χ3n) is 3.43. The largest absolute Gasteiger partial charge is 0.316 e. The molecule has 0 bridgehead atoms. The monoisotopic (exact) mass is 300 g/mol. The van der Waals surface area contributed by atoms with Crippen LogP contribution < -0.4 is 5.32 Å². The second kappa shape index (κ2) is 6.54. The summed E-state index contributed by atoms with van der Waals surface area (Å²) in [6, 6.07) is 7.26. The molecular weight excluding hydrogens is 282 g/mol. The van der Waals surface area contributed by atoms with Gasteiger partial charge in [0.05, 0.1) is 12.6 Å². The van der Waals surface area contributed by atoms with Crippen LogP contribution in [0.5, 0.6) is 0 Å². The summed E-state index contributed by atoms with van der Waals surface area (Å²) in [5.74, 6) is -0.244. The molecular formula is C14H18F2N2OS. The van der Waals surface area contributed by atoms with Gasteiger partial charge < -0.3 is 4.90 Å². The van der Waals surface area contributed by atoms with Crippen molar-refractivity contribution in [2.75, 3.05) is 12.8 Å². The molecule has 0 spiro atoms. The van der Waals surface area contributed by atoms with Crippen LogP contribution in [0.4, 0.5) is 8.78 Å². The van der Waals surface area contributed by atoms with Crippen LogP contribution in [0, 0.1) is 0 Å². The van der Waals surface area contributed by atoms with Crippen LogP contribution >= 0.6 is 11.8 Å². The van der Waals surface area contributed by atoms with Gasteiger partial charge in [-0.3, -0.25) is 10.1 Å². The van der Waals surface area contributed by atoms with Crippen molar-refractivity contribution in [3.63, 3.8) is 0 Å². The van der Waals surface area contributed by atoms with E-state index in [1.807, 2.05) is 37.4 Å². The van der Waals surface area contributed by atoms with E-state index in [1.165, 1.54) is 4.90 Å². The Hall–Kier alpha value is -1.14. The number of nitrogens with zero attached hydrogens (tertiary/aromatic N) is 1. The highest BCUT2D eigenvalue weighted by atomic mass is 32.2. The van der Waals surface area contributed by atoms with E-state index in [0.29, 0.717) is 6.42 Å². The van der Waals surface area contributed by atoms with Crippen LogP contribution in [0.2, 0.25) is 0 Å². The first-order chi connectivity index (χ1) is 9.56. The second-order valence-electron chi connectivity index (χ2n) is 4.68. The quantitative estimate of drug-likeness (QED) is 0.849. The fourth-order valence-electron chi connectivity index (χ4n) is 2.38. The number of halogens is 2. The number of benzene rings is 1. The Balaban J connectivity index is 2.24. The fourth-order valence-corrected chi connectivity index (χ4v) is 2.79. The molecule has 1 saturated heterocycles. The van der Waals surface area contributed by atoms with Gasteiger partial charge in [0.1, 0.15) is 6.17 Å². The van der Waals surface area contributed by atoms with Gasteiger partial charge in [-0.1, -0.05) is 19.1 Å². The number of alkyl halides is 2. The predicted molar refractivity (Wildman–Crippen MR) is 75.9 cm³/mol. The van der Waals surface area contributed by atoms with E-state index in [9.17, 15) is 13.6 Å². The highest BCUT2D eigenvalue weighted by Gasteiger charge is 2.39. The summed E-state index contributed by atoms with van der Waals surface area (Å²) in [4.78, 5) is 14.5. The molecule has 3 nitrogen and oxygen atoms in total. The minimum absolute atomic E-state index is 0.244. The van der Waals surface area contributed by atoms with Crippen molar-refractivity contribution < 1.29 is 13.6 Å². The molecule has 1 amide bonds. The van der Waals surface area contributed by atoms with Gasteiger partial charge in [-0.05, 0) is 30.4 Å². The number of nitrogens with one attached hydrogen (secondary N) is 1. The Bertz CT molecular complexity index is 467. The predicted octanol–water partition coefficient (Wildman–Crippen LogP) is 2.88. The Morgan fingerprint density at radius 3 is 2.50 bits per heavy atom. The van der Waals surface area contributed by atoms with Crippen molar-refractivity contribution in [1.82, 2.24) is 10.2 Å². The maximum atomic E-state index is 12.7. The molecule has 2 atom stereocenters. The highest BCUT2D eigenvalue weighted by molar-refractivity contribution is 7.98. The number of hydrogen-bond acceptors (Lipinski definition) is 3. The zero-order valence-corrected chi connectivity index (χ0v) is 12.3. The molecule has 0 aliphatic carbocycles. The lowest BCUT2D eigenvalue weighted by molar-refractivity contribution is -0.132. The maximum absolute atomic E-state index is 12.7. The van der Waals surface area contributed by atoms with Gasteiger partial charge in [0.2, 0.25) is 5.91 Å². The van der Waals surface area contributed by atoms with Gasteiger partial charge in [-0.2, -0.15) is 0 Å². The number of amides is 1. The smallest absolute Gasteiger partial charge is 0.255 e. The van der Waals surface area contributed by atoms with Crippen molar-refractivity contribution >= 4 is 17.7 Å². The van der Waals surface area contributed by atoms with E-state index < -0.39 is 19.1 Å². The number of thioether (sulfide) groups is 1. The Morgan fingerprint density at radius 1 is 1.35 bits per heavy atom. The van der Waals surface area contributed by atoms with Crippen LogP contribution in [-0.4, -0.2) is 36.1 Å². The Labute approximate surface area is 121 Å². The zero-order chi connectivity index (χ0) is 14.7. The molecule has 2 unspecified atom stereocenters. The maximum Gasteiger partial charge on any atom is 0.255 e. The van der Waals surface area contributed by atoms with Crippen LogP contribution in [-0.2, 0) is 4.79 Å². The first kappa shape index (κ1) is 15.3. The lowest BCUT2D eigenvalue weighted by Gasteiger charge is -2.24. The summed E-state index contributed by atoms with van der Waals surface area (Å²) >= 11 is 1.62. The molecule has 110 valence electrons. The highest BCUT2D eigenvalue weighted by Crippen LogP contribution is 2.28. The number of carbonyl (C=O) groups excluding carboxylic acids is 1. The number of rotatable bonds is 5. The van der Waals surface area contributed by atoms with Crippen LogP contribution in [0.15, 0.2) is 29.2 Å². The van der Waals surface area contributed by atoms with Crippen molar-refractivity contribution in [3.8, 4) is 0 Å². The third-order valence-corrected chi connectivity index (χ3v) is 4.17. The summed E-state index contributed by atoms with van der Waals surface area (Å²) < 4.78 is 25.3. The van der Waals surface area contributed by atoms with Gasteiger partial charge in [0.25, 0.3) is 6.43 Å². The van der Waals surface area contributed by atoms with E-state index >= 15 is 0 Å². The molecule has 1 aliphatic rings. The van der Waals surface area contributed by atoms with Gasteiger partial charge in [0.15, 0.2) is 0 Å². The lowest BCUT2D eigenvalue weighted by Crippen LogP contribution is -2.34. The average Bonchev–Trinajstić information content (AvgIpc) is 2.75. The SMILES string of the molecule is CCC1NC(c2ccc(SC)cc2)N(CC(F)F)C1=O. The average molecular weight is 300 g/mol. The molecule has 2 rings (SSSR count). The van der Waals surface area contributed by atoms with Crippen LogP contribution in [0.1, 0.15) is 25.1 Å². The van der Waals surface area contributed by atoms with E-state index in [2.05, 4.69) is 5.32 Å². The molecule has 1 aromatic rings. The molecule has 6 heteroatoms. The Morgan fingerprint density at radius 2 is 2.00 bits per heavy atom. The first-order valence-corrected chi connectivity index (χ1v) is 7.78. The molecule has 1 heterocycles. The van der Waals surface area contributed by atoms with Gasteiger partial charge in [-0.15, -0.1) is 11.8 Å². The normalized spacial score (nSPS) is 22.9. The summed E-state index contributed by atoms with van der Waals surface area (Å²) in [5, 5.41) is 3.14. The summed E-state index contributed by atoms with van der Waals surface area (Å²) in [5.41, 5.74) is 0.841. The molecule has 1 aromatic carbocycles. The number of hydrogen-bond donors (Lipinski definition) is 1. The molecule has 1 N–H and O–H groups in total.